The molecule has 2 aromatic heterocycles. The highest BCUT2D eigenvalue weighted by Crippen LogP contribution is 2.18. The molecule has 8 heteroatoms. The third kappa shape index (κ3) is 4.77. The van der Waals surface area contributed by atoms with Crippen LogP contribution in [0.4, 0.5) is 0 Å². The van der Waals surface area contributed by atoms with Gasteiger partial charge >= 0.3 is 5.97 Å². The zero-order chi connectivity index (χ0) is 21.2. The first-order chi connectivity index (χ1) is 13.6. The molecule has 0 saturated heterocycles. The maximum atomic E-state index is 12.8. The summed E-state index contributed by atoms with van der Waals surface area (Å²) in [4.78, 5) is 35.2. The van der Waals surface area contributed by atoms with Crippen LogP contribution in [0.25, 0.3) is 5.78 Å². The van der Waals surface area contributed by atoms with Gasteiger partial charge in [0.25, 0.3) is 17.5 Å². The summed E-state index contributed by atoms with van der Waals surface area (Å²) >= 11 is 0. The molecular weight excluding hydrogens is 370 g/mol. The van der Waals surface area contributed by atoms with Crippen LogP contribution in [0, 0.1) is 13.8 Å². The largest absolute Gasteiger partial charge is 0.450 e. The van der Waals surface area contributed by atoms with Crippen molar-refractivity contribution in [3.8, 4) is 0 Å². The van der Waals surface area contributed by atoms with Crippen molar-refractivity contribution in [3.63, 3.8) is 0 Å². The van der Waals surface area contributed by atoms with Crippen molar-refractivity contribution in [2.24, 2.45) is 0 Å². The summed E-state index contributed by atoms with van der Waals surface area (Å²) in [5.74, 6) is -0.844. The van der Waals surface area contributed by atoms with Crippen LogP contribution in [-0.2, 0) is 16.1 Å². The average molecular weight is 395 g/mol. The van der Waals surface area contributed by atoms with Crippen LogP contribution in [0.1, 0.15) is 48.3 Å². The third-order valence-electron chi connectivity index (χ3n) is 4.42. The Balaban J connectivity index is 1.71. The van der Waals surface area contributed by atoms with Crippen LogP contribution in [0.3, 0.4) is 0 Å². The predicted molar refractivity (Wildman–Crippen MR) is 107 cm³/mol. The van der Waals surface area contributed by atoms with Gasteiger partial charge in [-0.05, 0) is 46.2 Å². The van der Waals surface area contributed by atoms with Gasteiger partial charge in [-0.2, -0.15) is 4.98 Å². The van der Waals surface area contributed by atoms with Gasteiger partial charge < -0.3 is 9.64 Å². The number of esters is 1. The van der Waals surface area contributed by atoms with Gasteiger partial charge in [-0.15, -0.1) is 5.10 Å². The summed E-state index contributed by atoms with van der Waals surface area (Å²) in [6.07, 6.45) is 0. The van der Waals surface area contributed by atoms with Gasteiger partial charge in [0, 0.05) is 23.5 Å². The summed E-state index contributed by atoms with van der Waals surface area (Å²) in [7, 11) is 0. The van der Waals surface area contributed by atoms with E-state index >= 15 is 0 Å². The maximum absolute atomic E-state index is 12.8. The number of hydrogen-bond donors (Lipinski definition) is 0. The fraction of sp³-hybridized carbons (Fsp3) is 0.381. The number of carbonyl (C=O) groups is 2. The lowest BCUT2D eigenvalue weighted by Crippen LogP contribution is -2.46. The van der Waals surface area contributed by atoms with E-state index in [0.29, 0.717) is 12.3 Å². The standard InChI is InChI=1S/C21H25N5O3/c1-14-11-15(2)26-20(22-14)23-18(24-26)19(28)29-13-17(27)25(21(3,4)5)12-16-9-7-6-8-10-16/h6-11H,12-13H2,1-5H3. The molecule has 0 aliphatic rings. The SMILES string of the molecule is Cc1cc(C)n2nc(C(=O)OCC(=O)N(Cc3ccccc3)C(C)(C)C)nc2n1. The fourth-order valence-corrected chi connectivity index (χ4v) is 2.99. The Morgan fingerprint density at radius 3 is 2.45 bits per heavy atom. The average Bonchev–Trinajstić information content (AvgIpc) is 3.08. The number of rotatable bonds is 5. The van der Waals surface area contributed by atoms with Gasteiger partial charge in [0.15, 0.2) is 6.61 Å². The van der Waals surface area contributed by atoms with E-state index in [1.54, 1.807) is 4.90 Å². The molecule has 1 aromatic carbocycles. The number of ether oxygens (including phenoxy) is 1. The molecule has 0 bridgehead atoms. The second-order valence-corrected chi connectivity index (χ2v) is 7.90. The monoisotopic (exact) mass is 395 g/mol. The Bertz CT molecular complexity index is 1040. The highest BCUT2D eigenvalue weighted by Gasteiger charge is 2.28. The van der Waals surface area contributed by atoms with E-state index in [2.05, 4.69) is 15.1 Å². The molecule has 3 aromatic rings. The zero-order valence-electron chi connectivity index (χ0n) is 17.3. The number of fused-ring (bicyclic) bond motifs is 1. The minimum Gasteiger partial charge on any atom is -0.450 e. The molecule has 8 nitrogen and oxygen atoms in total. The van der Waals surface area contributed by atoms with Crippen LogP contribution < -0.4 is 0 Å². The van der Waals surface area contributed by atoms with E-state index in [9.17, 15) is 9.59 Å². The quantitative estimate of drug-likeness (QED) is 0.617. The summed E-state index contributed by atoms with van der Waals surface area (Å²) in [5, 5.41) is 4.14. The van der Waals surface area contributed by atoms with Gasteiger partial charge in [-0.25, -0.2) is 14.3 Å². The highest BCUT2D eigenvalue weighted by atomic mass is 16.5. The Kier molecular flexibility index (Phi) is 5.63. The predicted octanol–water partition coefficient (Wildman–Crippen LogP) is 2.73. The number of benzene rings is 1. The van der Waals surface area contributed by atoms with E-state index in [1.807, 2.05) is 71.0 Å². The first kappa shape index (κ1) is 20.4. The number of carbonyl (C=O) groups excluding carboxylic acids is 2. The minimum absolute atomic E-state index is 0.121. The molecule has 0 atom stereocenters. The van der Waals surface area contributed by atoms with Gasteiger partial charge in [0.05, 0.1) is 0 Å². The van der Waals surface area contributed by atoms with Crippen molar-refractivity contribution >= 4 is 17.7 Å². The van der Waals surface area contributed by atoms with Crippen molar-refractivity contribution in [1.82, 2.24) is 24.5 Å². The third-order valence-corrected chi connectivity index (χ3v) is 4.42. The summed E-state index contributed by atoms with van der Waals surface area (Å²) in [6, 6.07) is 11.5. The molecule has 0 N–H and O–H groups in total. The second-order valence-electron chi connectivity index (χ2n) is 7.90. The first-order valence-electron chi connectivity index (χ1n) is 9.37. The number of aromatic nitrogens is 4. The lowest BCUT2D eigenvalue weighted by Gasteiger charge is -2.35. The minimum atomic E-state index is -0.755. The van der Waals surface area contributed by atoms with Crippen LogP contribution >= 0.6 is 0 Å². The number of aryl methyl sites for hydroxylation is 2. The van der Waals surface area contributed by atoms with E-state index in [-0.39, 0.29) is 18.3 Å². The number of nitrogens with zero attached hydrogens (tertiary/aromatic N) is 5. The number of hydrogen-bond acceptors (Lipinski definition) is 6. The normalized spacial score (nSPS) is 11.5. The summed E-state index contributed by atoms with van der Waals surface area (Å²) in [5.41, 5.74) is 2.15. The molecule has 1 amide bonds. The molecule has 0 aliphatic heterocycles. The molecule has 0 spiro atoms. The maximum Gasteiger partial charge on any atom is 0.378 e. The van der Waals surface area contributed by atoms with Crippen LogP contribution in [0.2, 0.25) is 0 Å². The van der Waals surface area contributed by atoms with Crippen molar-refractivity contribution in [3.05, 3.63) is 59.2 Å². The van der Waals surface area contributed by atoms with Crippen molar-refractivity contribution in [2.45, 2.75) is 46.7 Å². The Labute approximate surface area is 169 Å². The lowest BCUT2D eigenvalue weighted by molar-refractivity contribution is -0.140. The Morgan fingerprint density at radius 1 is 1.10 bits per heavy atom. The summed E-state index contributed by atoms with van der Waals surface area (Å²) in [6.45, 7) is 9.55. The Hall–Kier alpha value is -3.29. The van der Waals surface area contributed by atoms with Gasteiger partial charge in [0.1, 0.15) is 0 Å². The van der Waals surface area contributed by atoms with Crippen LogP contribution in [0.5, 0.6) is 0 Å². The van der Waals surface area contributed by atoms with Gasteiger partial charge in [-0.3, -0.25) is 4.79 Å². The zero-order valence-corrected chi connectivity index (χ0v) is 17.3. The molecule has 29 heavy (non-hydrogen) atoms. The second kappa shape index (κ2) is 7.98. The van der Waals surface area contributed by atoms with Crippen LogP contribution in [0.15, 0.2) is 36.4 Å². The first-order valence-corrected chi connectivity index (χ1v) is 9.37. The van der Waals surface area contributed by atoms with Crippen LogP contribution in [-0.4, -0.2) is 48.5 Å². The molecule has 0 saturated carbocycles. The lowest BCUT2D eigenvalue weighted by atomic mass is 10.0. The molecule has 2 heterocycles. The molecule has 0 aliphatic carbocycles. The molecule has 0 fully saturated rings. The fourth-order valence-electron chi connectivity index (χ4n) is 2.99. The van der Waals surface area contributed by atoms with E-state index in [0.717, 1.165) is 17.0 Å². The molecule has 0 radical (unpaired) electrons. The molecular formula is C21H25N5O3. The number of amides is 1. The highest BCUT2D eigenvalue weighted by molar-refractivity contribution is 5.88. The molecule has 152 valence electrons. The van der Waals surface area contributed by atoms with Crippen molar-refractivity contribution in [2.75, 3.05) is 6.61 Å². The smallest absolute Gasteiger partial charge is 0.378 e. The van der Waals surface area contributed by atoms with Gasteiger partial charge in [-0.1, -0.05) is 30.3 Å². The summed E-state index contributed by atoms with van der Waals surface area (Å²) < 4.78 is 6.68. The molecule has 0 unspecified atom stereocenters. The Morgan fingerprint density at radius 2 is 1.79 bits per heavy atom. The van der Waals surface area contributed by atoms with E-state index in [4.69, 9.17) is 4.74 Å². The topological polar surface area (TPSA) is 89.7 Å². The molecule has 3 rings (SSSR count). The van der Waals surface area contributed by atoms with Crippen molar-refractivity contribution in [1.29, 1.82) is 0 Å². The van der Waals surface area contributed by atoms with Gasteiger partial charge in [0.2, 0.25) is 0 Å². The van der Waals surface area contributed by atoms with E-state index in [1.165, 1.54) is 4.52 Å². The van der Waals surface area contributed by atoms with E-state index < -0.39 is 11.5 Å². The van der Waals surface area contributed by atoms with Crippen molar-refractivity contribution < 1.29 is 14.3 Å².